The largest absolute Gasteiger partial charge is 0.399 e. The zero-order valence-corrected chi connectivity index (χ0v) is 13.1. The Hall–Kier alpha value is -2.36. The average Bonchev–Trinajstić information content (AvgIpc) is 2.50. The number of hydrogen-bond acceptors (Lipinski definition) is 3. The van der Waals surface area contributed by atoms with Crippen molar-refractivity contribution in [2.45, 2.75) is 26.2 Å². The summed E-state index contributed by atoms with van der Waals surface area (Å²) in [5.74, 6) is 0.726. The first-order valence-electron chi connectivity index (χ1n) is 7.57. The highest BCUT2D eigenvalue weighted by atomic mass is 16.1. The number of benzene rings is 1. The van der Waals surface area contributed by atoms with Crippen molar-refractivity contribution in [2.75, 3.05) is 12.3 Å². The molecule has 1 amide bonds. The standard InChI is InChI=1S/C18H23N3O/c1-13(2)17(15-4-3-9-20-11-15)12-21-18(22)10-14-5-7-16(19)8-6-14/h3-9,11,13,17H,10,12,19H2,1-2H3,(H,21,22). The van der Waals surface area contributed by atoms with Crippen LogP contribution in [0.15, 0.2) is 48.8 Å². The molecular weight excluding hydrogens is 274 g/mol. The van der Waals surface area contributed by atoms with Gasteiger partial charge in [-0.15, -0.1) is 0 Å². The fourth-order valence-electron chi connectivity index (χ4n) is 2.44. The van der Waals surface area contributed by atoms with E-state index in [0.717, 1.165) is 11.1 Å². The molecule has 116 valence electrons. The van der Waals surface area contributed by atoms with E-state index in [1.807, 2.05) is 36.5 Å². The highest BCUT2D eigenvalue weighted by Crippen LogP contribution is 2.22. The fraction of sp³-hybridized carbons (Fsp3) is 0.333. The SMILES string of the molecule is CC(C)C(CNC(=O)Cc1ccc(N)cc1)c1cccnc1. The third-order valence-corrected chi connectivity index (χ3v) is 3.78. The first-order valence-corrected chi connectivity index (χ1v) is 7.57. The number of anilines is 1. The predicted molar refractivity (Wildman–Crippen MR) is 89.4 cm³/mol. The van der Waals surface area contributed by atoms with Gasteiger partial charge in [-0.3, -0.25) is 9.78 Å². The van der Waals surface area contributed by atoms with Gasteiger partial charge in [-0.1, -0.05) is 32.0 Å². The lowest BCUT2D eigenvalue weighted by molar-refractivity contribution is -0.120. The van der Waals surface area contributed by atoms with Gasteiger partial charge < -0.3 is 11.1 Å². The topological polar surface area (TPSA) is 68.0 Å². The van der Waals surface area contributed by atoms with Gasteiger partial charge in [0.25, 0.3) is 0 Å². The maximum Gasteiger partial charge on any atom is 0.224 e. The molecule has 0 bridgehead atoms. The highest BCUT2D eigenvalue weighted by Gasteiger charge is 2.17. The number of amides is 1. The average molecular weight is 297 g/mol. The second-order valence-corrected chi connectivity index (χ2v) is 5.86. The van der Waals surface area contributed by atoms with E-state index in [-0.39, 0.29) is 11.8 Å². The number of carbonyl (C=O) groups excluding carboxylic acids is 1. The molecule has 1 aromatic carbocycles. The molecule has 2 aromatic rings. The molecule has 4 nitrogen and oxygen atoms in total. The van der Waals surface area contributed by atoms with Crippen molar-refractivity contribution in [2.24, 2.45) is 5.92 Å². The molecule has 1 aromatic heterocycles. The van der Waals surface area contributed by atoms with Gasteiger partial charge in [0.2, 0.25) is 5.91 Å². The molecule has 1 unspecified atom stereocenters. The van der Waals surface area contributed by atoms with Crippen molar-refractivity contribution in [3.05, 3.63) is 59.9 Å². The Morgan fingerprint density at radius 3 is 2.55 bits per heavy atom. The normalized spacial score (nSPS) is 12.1. The van der Waals surface area contributed by atoms with Crippen molar-refractivity contribution in [1.82, 2.24) is 10.3 Å². The van der Waals surface area contributed by atoms with E-state index < -0.39 is 0 Å². The van der Waals surface area contributed by atoms with Crippen LogP contribution in [0.2, 0.25) is 0 Å². The maximum absolute atomic E-state index is 12.1. The van der Waals surface area contributed by atoms with Crippen LogP contribution in [0.25, 0.3) is 0 Å². The molecular formula is C18H23N3O. The zero-order chi connectivity index (χ0) is 15.9. The molecule has 1 atom stereocenters. The van der Waals surface area contributed by atoms with Crippen molar-refractivity contribution < 1.29 is 4.79 Å². The fourth-order valence-corrected chi connectivity index (χ4v) is 2.44. The van der Waals surface area contributed by atoms with Crippen LogP contribution in [0.4, 0.5) is 5.69 Å². The number of rotatable bonds is 6. The lowest BCUT2D eigenvalue weighted by atomic mass is 9.89. The van der Waals surface area contributed by atoms with Crippen LogP contribution in [0.5, 0.6) is 0 Å². The quantitative estimate of drug-likeness (QED) is 0.806. The summed E-state index contributed by atoms with van der Waals surface area (Å²) >= 11 is 0. The van der Waals surface area contributed by atoms with E-state index in [9.17, 15) is 4.79 Å². The monoisotopic (exact) mass is 297 g/mol. The number of hydrogen-bond donors (Lipinski definition) is 2. The van der Waals surface area contributed by atoms with Crippen molar-refractivity contribution >= 4 is 11.6 Å². The van der Waals surface area contributed by atoms with E-state index in [1.165, 1.54) is 0 Å². The smallest absolute Gasteiger partial charge is 0.224 e. The van der Waals surface area contributed by atoms with Gasteiger partial charge in [-0.05, 0) is 35.2 Å². The van der Waals surface area contributed by atoms with Gasteiger partial charge in [0.1, 0.15) is 0 Å². The predicted octanol–water partition coefficient (Wildman–Crippen LogP) is 2.76. The first-order chi connectivity index (χ1) is 10.6. The van der Waals surface area contributed by atoms with Crippen molar-refractivity contribution in [3.63, 3.8) is 0 Å². The van der Waals surface area contributed by atoms with Gasteiger partial charge in [-0.2, -0.15) is 0 Å². The van der Waals surface area contributed by atoms with E-state index in [0.29, 0.717) is 24.6 Å². The lowest BCUT2D eigenvalue weighted by Crippen LogP contribution is -2.31. The Balaban J connectivity index is 1.92. The second kappa shape index (κ2) is 7.59. The van der Waals surface area contributed by atoms with Crippen LogP contribution in [-0.4, -0.2) is 17.4 Å². The minimum absolute atomic E-state index is 0.0271. The summed E-state index contributed by atoms with van der Waals surface area (Å²) in [6.45, 7) is 4.94. The summed E-state index contributed by atoms with van der Waals surface area (Å²) in [6, 6.07) is 11.4. The number of pyridine rings is 1. The molecule has 0 aliphatic heterocycles. The molecule has 0 aliphatic rings. The summed E-state index contributed by atoms with van der Waals surface area (Å²) in [7, 11) is 0. The first kappa shape index (κ1) is 16.0. The Bertz CT molecular complexity index is 593. The van der Waals surface area contributed by atoms with Gasteiger partial charge >= 0.3 is 0 Å². The minimum atomic E-state index is 0.0271. The lowest BCUT2D eigenvalue weighted by Gasteiger charge is -2.21. The third kappa shape index (κ3) is 4.58. The molecule has 0 aliphatic carbocycles. The van der Waals surface area contributed by atoms with Crippen LogP contribution in [0.1, 0.15) is 30.9 Å². The van der Waals surface area contributed by atoms with Gasteiger partial charge in [0, 0.05) is 30.5 Å². The number of carbonyl (C=O) groups is 1. The number of aromatic nitrogens is 1. The molecule has 0 fully saturated rings. The maximum atomic E-state index is 12.1. The number of nitrogens with zero attached hydrogens (tertiary/aromatic N) is 1. The molecule has 0 saturated carbocycles. The number of nitrogen functional groups attached to an aromatic ring is 1. The Kier molecular flexibility index (Phi) is 5.53. The molecule has 2 rings (SSSR count). The summed E-state index contributed by atoms with van der Waals surface area (Å²) in [6.07, 6.45) is 4.01. The van der Waals surface area contributed by atoms with Gasteiger partial charge in [-0.25, -0.2) is 0 Å². The van der Waals surface area contributed by atoms with Crippen LogP contribution in [-0.2, 0) is 11.2 Å². The second-order valence-electron chi connectivity index (χ2n) is 5.86. The van der Waals surface area contributed by atoms with Gasteiger partial charge in [0.05, 0.1) is 6.42 Å². The Morgan fingerprint density at radius 2 is 1.95 bits per heavy atom. The van der Waals surface area contributed by atoms with Crippen molar-refractivity contribution in [3.8, 4) is 0 Å². The molecule has 22 heavy (non-hydrogen) atoms. The van der Waals surface area contributed by atoms with E-state index in [2.05, 4.69) is 30.2 Å². The third-order valence-electron chi connectivity index (χ3n) is 3.78. The number of nitrogens with two attached hydrogens (primary N) is 1. The summed E-state index contributed by atoms with van der Waals surface area (Å²) in [5.41, 5.74) is 8.48. The number of nitrogens with one attached hydrogen (secondary N) is 1. The molecule has 0 radical (unpaired) electrons. The van der Waals surface area contributed by atoms with Crippen LogP contribution in [0.3, 0.4) is 0 Å². The molecule has 1 heterocycles. The Labute approximate surface area is 131 Å². The molecule has 0 spiro atoms. The molecule has 0 saturated heterocycles. The summed E-state index contributed by atoms with van der Waals surface area (Å²) < 4.78 is 0. The van der Waals surface area contributed by atoms with Gasteiger partial charge in [0.15, 0.2) is 0 Å². The zero-order valence-electron chi connectivity index (χ0n) is 13.1. The minimum Gasteiger partial charge on any atom is -0.399 e. The van der Waals surface area contributed by atoms with Crippen LogP contribution in [0, 0.1) is 5.92 Å². The van der Waals surface area contributed by atoms with Crippen LogP contribution < -0.4 is 11.1 Å². The van der Waals surface area contributed by atoms with E-state index in [4.69, 9.17) is 5.73 Å². The van der Waals surface area contributed by atoms with Crippen LogP contribution >= 0.6 is 0 Å². The van der Waals surface area contributed by atoms with E-state index in [1.54, 1.807) is 6.20 Å². The summed E-state index contributed by atoms with van der Waals surface area (Å²) in [5, 5.41) is 3.03. The van der Waals surface area contributed by atoms with Crippen molar-refractivity contribution in [1.29, 1.82) is 0 Å². The highest BCUT2D eigenvalue weighted by molar-refractivity contribution is 5.78. The molecule has 3 N–H and O–H groups in total. The molecule has 4 heteroatoms. The summed E-state index contributed by atoms with van der Waals surface area (Å²) in [4.78, 5) is 16.3. The Morgan fingerprint density at radius 1 is 1.23 bits per heavy atom. The van der Waals surface area contributed by atoms with E-state index >= 15 is 0 Å².